The topological polar surface area (TPSA) is 60.9 Å². The molecule has 0 aliphatic rings. The van der Waals surface area contributed by atoms with Crippen LogP contribution in [-0.2, 0) is 6.42 Å². The summed E-state index contributed by atoms with van der Waals surface area (Å²) in [6.45, 7) is 5.93. The van der Waals surface area contributed by atoms with Crippen molar-refractivity contribution in [1.82, 2.24) is 9.80 Å². The van der Waals surface area contributed by atoms with Crippen molar-refractivity contribution >= 4 is 12.0 Å². The molecule has 0 saturated carbocycles. The summed E-state index contributed by atoms with van der Waals surface area (Å²) in [5.74, 6) is -0.930. The van der Waals surface area contributed by atoms with Gasteiger partial charge in [0.2, 0.25) is 0 Å². The molecule has 0 spiro atoms. The summed E-state index contributed by atoms with van der Waals surface area (Å²) in [5.41, 5.74) is 1.06. The van der Waals surface area contributed by atoms with Gasteiger partial charge in [0.15, 0.2) is 0 Å². The molecule has 5 nitrogen and oxygen atoms in total. The lowest BCUT2D eigenvalue weighted by Crippen LogP contribution is -2.42. The summed E-state index contributed by atoms with van der Waals surface area (Å²) in [6.07, 6.45) is 1.46. The van der Waals surface area contributed by atoms with Crippen LogP contribution < -0.4 is 0 Å². The second kappa shape index (κ2) is 8.29. The number of carboxylic acid groups (broad SMARTS) is 1. The average Bonchev–Trinajstić information content (AvgIpc) is 2.49. The molecular weight excluding hydrogens is 268 g/mol. The first-order chi connectivity index (χ1) is 10.0. The Morgan fingerprint density at radius 3 is 2.38 bits per heavy atom. The molecular formula is C16H24N2O3. The monoisotopic (exact) mass is 292 g/mol. The Morgan fingerprint density at radius 1 is 1.14 bits per heavy atom. The van der Waals surface area contributed by atoms with Crippen LogP contribution in [0.25, 0.3) is 0 Å². The number of likely N-dealkylation sites (N-methyl/N-ethyl adjacent to an activating group) is 1. The maximum absolute atomic E-state index is 12.2. The minimum atomic E-state index is -0.930. The second-order valence-electron chi connectivity index (χ2n) is 5.00. The quantitative estimate of drug-likeness (QED) is 0.840. The van der Waals surface area contributed by atoms with Gasteiger partial charge in [-0.1, -0.05) is 25.1 Å². The Bertz CT molecular complexity index is 488. The van der Waals surface area contributed by atoms with Crippen LogP contribution >= 0.6 is 0 Å². The van der Waals surface area contributed by atoms with Gasteiger partial charge in [0.05, 0.1) is 5.56 Å². The van der Waals surface area contributed by atoms with Crippen molar-refractivity contribution in [2.45, 2.75) is 26.7 Å². The Hall–Kier alpha value is -2.04. The maximum atomic E-state index is 12.2. The van der Waals surface area contributed by atoms with Crippen LogP contribution in [0, 0.1) is 0 Å². The molecule has 0 aromatic heterocycles. The smallest absolute Gasteiger partial charge is 0.335 e. The summed E-state index contributed by atoms with van der Waals surface area (Å²) in [5, 5.41) is 9.15. The van der Waals surface area contributed by atoms with E-state index in [1.807, 2.05) is 19.9 Å². The lowest BCUT2D eigenvalue weighted by molar-refractivity contribution is 0.0695. The molecule has 2 amide bonds. The molecule has 1 N–H and O–H groups in total. The normalized spacial score (nSPS) is 10.2. The molecule has 0 heterocycles. The SMILES string of the molecule is CCCN(CC)C(=O)N(C)CCc1ccccc1C(=O)O. The number of hydrogen-bond donors (Lipinski definition) is 1. The summed E-state index contributed by atoms with van der Waals surface area (Å²) >= 11 is 0. The van der Waals surface area contributed by atoms with Crippen molar-refractivity contribution in [3.8, 4) is 0 Å². The number of aromatic carboxylic acids is 1. The van der Waals surface area contributed by atoms with Crippen LogP contribution in [0.15, 0.2) is 24.3 Å². The summed E-state index contributed by atoms with van der Waals surface area (Å²) in [7, 11) is 1.75. The van der Waals surface area contributed by atoms with Crippen LogP contribution in [0.4, 0.5) is 4.79 Å². The van der Waals surface area contributed by atoms with Crippen molar-refractivity contribution in [3.63, 3.8) is 0 Å². The van der Waals surface area contributed by atoms with Crippen molar-refractivity contribution in [2.24, 2.45) is 0 Å². The number of carboxylic acids is 1. The van der Waals surface area contributed by atoms with Gasteiger partial charge >= 0.3 is 12.0 Å². The van der Waals surface area contributed by atoms with E-state index in [4.69, 9.17) is 5.11 Å². The predicted octanol–water partition coefficient (Wildman–Crippen LogP) is 2.71. The van der Waals surface area contributed by atoms with E-state index in [1.165, 1.54) is 0 Å². The lowest BCUT2D eigenvalue weighted by Gasteiger charge is -2.27. The Morgan fingerprint density at radius 2 is 1.81 bits per heavy atom. The highest BCUT2D eigenvalue weighted by Crippen LogP contribution is 2.10. The van der Waals surface area contributed by atoms with E-state index in [0.29, 0.717) is 25.1 Å². The van der Waals surface area contributed by atoms with E-state index in [0.717, 1.165) is 18.5 Å². The largest absolute Gasteiger partial charge is 0.478 e. The molecule has 1 aromatic rings. The fourth-order valence-electron chi connectivity index (χ4n) is 2.23. The summed E-state index contributed by atoms with van der Waals surface area (Å²) in [6, 6.07) is 6.91. The Balaban J connectivity index is 2.66. The van der Waals surface area contributed by atoms with Gasteiger partial charge in [-0.25, -0.2) is 9.59 Å². The zero-order valence-corrected chi connectivity index (χ0v) is 13.0. The van der Waals surface area contributed by atoms with Gasteiger partial charge in [0.25, 0.3) is 0 Å². The number of benzene rings is 1. The van der Waals surface area contributed by atoms with Gasteiger partial charge in [0.1, 0.15) is 0 Å². The number of carbonyl (C=O) groups excluding carboxylic acids is 1. The first-order valence-corrected chi connectivity index (χ1v) is 7.32. The van der Waals surface area contributed by atoms with E-state index in [2.05, 4.69) is 0 Å². The fourth-order valence-corrected chi connectivity index (χ4v) is 2.23. The van der Waals surface area contributed by atoms with Gasteiger partial charge in [-0.3, -0.25) is 0 Å². The summed E-state index contributed by atoms with van der Waals surface area (Å²) in [4.78, 5) is 26.8. The van der Waals surface area contributed by atoms with Gasteiger partial charge in [-0.15, -0.1) is 0 Å². The van der Waals surface area contributed by atoms with Gasteiger partial charge in [0, 0.05) is 26.7 Å². The third-order valence-electron chi connectivity index (χ3n) is 3.44. The first-order valence-electron chi connectivity index (χ1n) is 7.32. The van der Waals surface area contributed by atoms with Crippen LogP contribution in [-0.4, -0.2) is 53.6 Å². The third-order valence-corrected chi connectivity index (χ3v) is 3.44. The third kappa shape index (κ3) is 4.77. The number of amides is 2. The standard InChI is InChI=1S/C16H24N2O3/c1-4-11-18(5-2)16(21)17(3)12-10-13-8-6-7-9-14(13)15(19)20/h6-9H,4-5,10-12H2,1-3H3,(H,19,20). The van der Waals surface area contributed by atoms with Crippen LogP contribution in [0.3, 0.4) is 0 Å². The fraction of sp³-hybridized carbons (Fsp3) is 0.500. The molecule has 0 atom stereocenters. The Kier molecular flexibility index (Phi) is 6.72. The number of hydrogen-bond acceptors (Lipinski definition) is 2. The molecule has 0 unspecified atom stereocenters. The first kappa shape index (κ1) is 17.0. The van der Waals surface area contributed by atoms with E-state index in [9.17, 15) is 9.59 Å². The van der Waals surface area contributed by atoms with Crippen LogP contribution in [0.5, 0.6) is 0 Å². The van der Waals surface area contributed by atoms with E-state index in [-0.39, 0.29) is 6.03 Å². The number of rotatable bonds is 7. The molecule has 1 aromatic carbocycles. The molecule has 21 heavy (non-hydrogen) atoms. The van der Waals surface area contributed by atoms with Crippen LogP contribution in [0.1, 0.15) is 36.2 Å². The molecule has 0 aliphatic carbocycles. The van der Waals surface area contributed by atoms with Gasteiger partial charge in [-0.2, -0.15) is 0 Å². The van der Waals surface area contributed by atoms with Gasteiger partial charge in [-0.05, 0) is 31.4 Å². The average molecular weight is 292 g/mol. The second-order valence-corrected chi connectivity index (χ2v) is 5.00. The maximum Gasteiger partial charge on any atom is 0.335 e. The molecule has 0 saturated heterocycles. The molecule has 1 rings (SSSR count). The zero-order chi connectivity index (χ0) is 15.8. The minimum absolute atomic E-state index is 0.00726. The molecule has 116 valence electrons. The van der Waals surface area contributed by atoms with Crippen molar-refractivity contribution < 1.29 is 14.7 Å². The molecule has 0 bridgehead atoms. The van der Waals surface area contributed by atoms with Gasteiger partial charge < -0.3 is 14.9 Å². The molecule has 0 fully saturated rings. The van der Waals surface area contributed by atoms with E-state index < -0.39 is 5.97 Å². The van der Waals surface area contributed by atoms with Crippen molar-refractivity contribution in [2.75, 3.05) is 26.7 Å². The molecule has 0 radical (unpaired) electrons. The minimum Gasteiger partial charge on any atom is -0.478 e. The van der Waals surface area contributed by atoms with Crippen molar-refractivity contribution in [1.29, 1.82) is 0 Å². The highest BCUT2D eigenvalue weighted by Gasteiger charge is 2.16. The Labute approximate surface area is 126 Å². The van der Waals surface area contributed by atoms with Crippen molar-refractivity contribution in [3.05, 3.63) is 35.4 Å². The number of nitrogens with zero attached hydrogens (tertiary/aromatic N) is 2. The molecule has 5 heteroatoms. The van der Waals surface area contributed by atoms with E-state index >= 15 is 0 Å². The molecule has 0 aliphatic heterocycles. The summed E-state index contributed by atoms with van der Waals surface area (Å²) < 4.78 is 0. The van der Waals surface area contributed by atoms with E-state index in [1.54, 1.807) is 35.0 Å². The lowest BCUT2D eigenvalue weighted by atomic mass is 10.0. The predicted molar refractivity (Wildman–Crippen MR) is 82.7 cm³/mol. The highest BCUT2D eigenvalue weighted by atomic mass is 16.4. The number of carbonyl (C=O) groups is 2. The highest BCUT2D eigenvalue weighted by molar-refractivity contribution is 5.89. The number of urea groups is 1. The van der Waals surface area contributed by atoms with Crippen LogP contribution in [0.2, 0.25) is 0 Å². The zero-order valence-electron chi connectivity index (χ0n) is 13.0.